The van der Waals surface area contributed by atoms with Crippen LogP contribution in [0.15, 0.2) is 54.6 Å². The molecule has 0 aliphatic heterocycles. The zero-order valence-corrected chi connectivity index (χ0v) is 15.0. The highest BCUT2D eigenvalue weighted by Gasteiger charge is 2.28. The van der Waals surface area contributed by atoms with Gasteiger partial charge in [-0.15, -0.1) is 11.3 Å². The molecule has 1 aromatic heterocycles. The molecule has 0 saturated carbocycles. The normalized spacial score (nSPS) is 16.3. The molecule has 0 spiro atoms. The Morgan fingerprint density at radius 1 is 1.12 bits per heavy atom. The summed E-state index contributed by atoms with van der Waals surface area (Å²) >= 11 is 1.73. The van der Waals surface area contributed by atoms with Crippen molar-refractivity contribution >= 4 is 22.9 Å². The van der Waals surface area contributed by atoms with Gasteiger partial charge in [0, 0.05) is 22.0 Å². The van der Waals surface area contributed by atoms with E-state index in [1.807, 2.05) is 49.4 Å². The Bertz CT molecular complexity index is 901. The predicted molar refractivity (Wildman–Crippen MR) is 103 cm³/mol. The Morgan fingerprint density at radius 3 is 2.68 bits per heavy atom. The van der Waals surface area contributed by atoms with Gasteiger partial charge in [-0.1, -0.05) is 48.5 Å². The molecule has 1 unspecified atom stereocenters. The molecule has 3 aromatic rings. The van der Waals surface area contributed by atoms with E-state index in [0.29, 0.717) is 0 Å². The van der Waals surface area contributed by atoms with Gasteiger partial charge < -0.3 is 5.32 Å². The van der Waals surface area contributed by atoms with Gasteiger partial charge in [0.15, 0.2) is 0 Å². The quantitative estimate of drug-likeness (QED) is 0.734. The van der Waals surface area contributed by atoms with Crippen molar-refractivity contribution < 1.29 is 4.79 Å². The summed E-state index contributed by atoms with van der Waals surface area (Å²) < 4.78 is 0. The fraction of sp³-hybridized carbons (Fsp3) is 0.238. The van der Waals surface area contributed by atoms with Crippen LogP contribution in [-0.4, -0.2) is 10.9 Å². The lowest BCUT2D eigenvalue weighted by Crippen LogP contribution is -2.28. The van der Waals surface area contributed by atoms with Crippen LogP contribution < -0.4 is 5.32 Å². The maximum atomic E-state index is 12.7. The number of hydrogen-bond donors (Lipinski definition) is 1. The van der Waals surface area contributed by atoms with Crippen molar-refractivity contribution in [3.63, 3.8) is 0 Å². The van der Waals surface area contributed by atoms with E-state index >= 15 is 0 Å². The van der Waals surface area contributed by atoms with Crippen LogP contribution in [0.1, 0.15) is 22.6 Å². The summed E-state index contributed by atoms with van der Waals surface area (Å²) in [5.74, 6) is 0.144. The van der Waals surface area contributed by atoms with Crippen LogP contribution in [0.5, 0.6) is 0 Å². The van der Waals surface area contributed by atoms with Gasteiger partial charge >= 0.3 is 0 Å². The molecule has 1 atom stereocenters. The number of thiazole rings is 1. The van der Waals surface area contributed by atoms with Crippen molar-refractivity contribution in [3.8, 4) is 10.6 Å². The summed E-state index contributed by atoms with van der Waals surface area (Å²) in [5.41, 5.74) is 4.33. The number of aromatic nitrogens is 1. The highest BCUT2D eigenvalue weighted by atomic mass is 32.1. The molecule has 1 N–H and O–H groups in total. The van der Waals surface area contributed by atoms with Gasteiger partial charge in [-0.25, -0.2) is 4.98 Å². The Morgan fingerprint density at radius 2 is 1.88 bits per heavy atom. The molecular formula is C21H20N2OS. The maximum Gasteiger partial charge on any atom is 0.227 e. The van der Waals surface area contributed by atoms with Crippen LogP contribution in [-0.2, 0) is 17.6 Å². The number of carbonyl (C=O) groups is 1. The number of amides is 1. The minimum atomic E-state index is 0.0242. The largest absolute Gasteiger partial charge is 0.326 e. The molecular weight excluding hydrogens is 328 g/mol. The van der Waals surface area contributed by atoms with Gasteiger partial charge in [0.05, 0.1) is 5.69 Å². The van der Waals surface area contributed by atoms with Gasteiger partial charge in [0.2, 0.25) is 5.91 Å². The first-order valence-corrected chi connectivity index (χ1v) is 9.43. The topological polar surface area (TPSA) is 42.0 Å². The number of anilines is 1. The third-order valence-corrected chi connectivity index (χ3v) is 5.90. The Balaban J connectivity index is 1.50. The minimum absolute atomic E-state index is 0.0242. The maximum absolute atomic E-state index is 12.7. The molecule has 25 heavy (non-hydrogen) atoms. The summed E-state index contributed by atoms with van der Waals surface area (Å²) in [6.07, 6.45) is 2.53. The predicted octanol–water partition coefficient (Wildman–Crippen LogP) is 4.86. The van der Waals surface area contributed by atoms with Crippen molar-refractivity contribution in [2.24, 2.45) is 5.92 Å². The first kappa shape index (κ1) is 16.0. The second-order valence-electron chi connectivity index (χ2n) is 6.50. The molecule has 126 valence electrons. The van der Waals surface area contributed by atoms with E-state index in [0.717, 1.165) is 41.1 Å². The fourth-order valence-corrected chi connectivity index (χ4v) is 4.44. The lowest BCUT2D eigenvalue weighted by molar-refractivity contribution is -0.120. The highest BCUT2D eigenvalue weighted by Crippen LogP contribution is 2.35. The summed E-state index contributed by atoms with van der Waals surface area (Å²) in [6, 6.07) is 18.2. The second kappa shape index (κ2) is 6.81. The van der Waals surface area contributed by atoms with E-state index in [1.165, 1.54) is 10.6 Å². The molecule has 4 heteroatoms. The molecule has 0 fully saturated rings. The average Bonchev–Trinajstić information content (AvgIpc) is 3.07. The Kier molecular flexibility index (Phi) is 4.36. The number of fused-ring (bicyclic) bond motifs is 1. The molecule has 0 radical (unpaired) electrons. The summed E-state index contributed by atoms with van der Waals surface area (Å²) in [4.78, 5) is 18.7. The Hall–Kier alpha value is -2.46. The lowest BCUT2D eigenvalue weighted by atomic mass is 9.90. The Labute approximate surface area is 151 Å². The number of nitrogens with one attached hydrogen (secondary N) is 1. The molecule has 3 nitrogen and oxygen atoms in total. The lowest BCUT2D eigenvalue weighted by Gasteiger charge is -2.21. The first-order valence-electron chi connectivity index (χ1n) is 8.61. The SMILES string of the molecule is Cc1ccccc1NC(=O)C1CCc2nc(-c3ccccc3)sc2C1. The number of nitrogens with zero attached hydrogens (tertiary/aromatic N) is 1. The number of benzene rings is 2. The average molecular weight is 348 g/mol. The zero-order chi connectivity index (χ0) is 17.2. The summed E-state index contributed by atoms with van der Waals surface area (Å²) in [6.45, 7) is 2.02. The van der Waals surface area contributed by atoms with E-state index < -0.39 is 0 Å². The first-order chi connectivity index (χ1) is 12.2. The number of carbonyl (C=O) groups excluding carboxylic acids is 1. The van der Waals surface area contributed by atoms with E-state index in [-0.39, 0.29) is 11.8 Å². The number of hydrogen-bond acceptors (Lipinski definition) is 3. The van der Waals surface area contributed by atoms with E-state index in [2.05, 4.69) is 17.4 Å². The molecule has 1 heterocycles. The fourth-order valence-electron chi connectivity index (χ4n) is 3.25. The molecule has 4 rings (SSSR count). The third-order valence-electron chi connectivity index (χ3n) is 4.73. The molecule has 0 saturated heterocycles. The monoisotopic (exact) mass is 348 g/mol. The van der Waals surface area contributed by atoms with Crippen LogP contribution in [0, 0.1) is 12.8 Å². The third kappa shape index (κ3) is 3.35. The zero-order valence-electron chi connectivity index (χ0n) is 14.2. The van der Waals surface area contributed by atoms with Crippen LogP contribution in [0.3, 0.4) is 0 Å². The van der Waals surface area contributed by atoms with E-state index in [9.17, 15) is 4.79 Å². The summed E-state index contributed by atoms with van der Waals surface area (Å²) in [7, 11) is 0. The van der Waals surface area contributed by atoms with E-state index in [4.69, 9.17) is 4.98 Å². The van der Waals surface area contributed by atoms with Crippen molar-refractivity contribution in [1.29, 1.82) is 0 Å². The van der Waals surface area contributed by atoms with Gasteiger partial charge in [-0.3, -0.25) is 4.79 Å². The molecule has 1 aliphatic rings. The number of para-hydroxylation sites is 1. The van der Waals surface area contributed by atoms with Gasteiger partial charge in [-0.2, -0.15) is 0 Å². The minimum Gasteiger partial charge on any atom is -0.326 e. The van der Waals surface area contributed by atoms with Crippen molar-refractivity contribution in [1.82, 2.24) is 4.98 Å². The van der Waals surface area contributed by atoms with Crippen LogP contribution in [0.2, 0.25) is 0 Å². The van der Waals surface area contributed by atoms with Crippen LogP contribution in [0.25, 0.3) is 10.6 Å². The van der Waals surface area contributed by atoms with Crippen molar-refractivity contribution in [3.05, 3.63) is 70.7 Å². The molecule has 2 aromatic carbocycles. The highest BCUT2D eigenvalue weighted by molar-refractivity contribution is 7.15. The molecule has 0 bridgehead atoms. The molecule has 1 amide bonds. The van der Waals surface area contributed by atoms with Gasteiger partial charge in [0.1, 0.15) is 5.01 Å². The van der Waals surface area contributed by atoms with E-state index in [1.54, 1.807) is 11.3 Å². The van der Waals surface area contributed by atoms with Crippen molar-refractivity contribution in [2.45, 2.75) is 26.2 Å². The smallest absolute Gasteiger partial charge is 0.227 e. The number of rotatable bonds is 3. The second-order valence-corrected chi connectivity index (χ2v) is 7.58. The summed E-state index contributed by atoms with van der Waals surface area (Å²) in [5, 5.41) is 4.16. The number of aryl methyl sites for hydroxylation is 2. The standard InChI is InChI=1S/C21H20N2OS/c1-14-7-5-6-10-17(14)22-20(24)16-11-12-18-19(13-16)25-21(23-18)15-8-3-2-4-9-15/h2-10,16H,11-13H2,1H3,(H,22,24). The van der Waals surface area contributed by atoms with Crippen LogP contribution >= 0.6 is 11.3 Å². The molecule has 1 aliphatic carbocycles. The van der Waals surface area contributed by atoms with Crippen LogP contribution in [0.4, 0.5) is 5.69 Å². The van der Waals surface area contributed by atoms with Crippen molar-refractivity contribution in [2.75, 3.05) is 5.32 Å². The van der Waals surface area contributed by atoms with Gasteiger partial charge in [0.25, 0.3) is 0 Å². The van der Waals surface area contributed by atoms with Gasteiger partial charge in [-0.05, 0) is 37.8 Å².